The average Bonchev–Trinajstić information content (AvgIpc) is 2.97. The predicted molar refractivity (Wildman–Crippen MR) is 106 cm³/mol. The molecule has 1 aromatic heterocycles. The van der Waals surface area contributed by atoms with Gasteiger partial charge in [0.2, 0.25) is 0 Å². The Balaban J connectivity index is 1.53. The Morgan fingerprint density at radius 3 is 2.81 bits per heavy atom. The maximum atomic E-state index is 12.8. The molecule has 0 radical (unpaired) electrons. The van der Waals surface area contributed by atoms with Gasteiger partial charge in [0.25, 0.3) is 5.56 Å². The van der Waals surface area contributed by atoms with E-state index in [9.17, 15) is 4.79 Å². The largest absolute Gasteiger partial charge is 0.496 e. The lowest BCUT2D eigenvalue weighted by molar-refractivity contribution is 0.242. The molecule has 2 aromatic carbocycles. The Kier molecular flexibility index (Phi) is 5.05. The van der Waals surface area contributed by atoms with Gasteiger partial charge in [0.15, 0.2) is 0 Å². The van der Waals surface area contributed by atoms with Gasteiger partial charge in [-0.3, -0.25) is 14.8 Å². The Hall–Kier alpha value is -2.50. The van der Waals surface area contributed by atoms with Crippen molar-refractivity contribution in [2.24, 2.45) is 0 Å². The molecule has 0 aliphatic carbocycles. The number of aromatic amines is 1. The SMILES string of the molecule is COc1ccccc1Cn1[nH]c2c(c1=O)CCN(Cc1cccc(Cl)c1)C2. The highest BCUT2D eigenvalue weighted by Gasteiger charge is 2.23. The van der Waals surface area contributed by atoms with E-state index in [2.05, 4.69) is 16.1 Å². The summed E-state index contributed by atoms with van der Waals surface area (Å²) in [5.74, 6) is 0.791. The number of aromatic nitrogens is 2. The number of rotatable bonds is 5. The number of nitrogens with zero attached hydrogens (tertiary/aromatic N) is 2. The first-order valence-electron chi connectivity index (χ1n) is 9.03. The molecule has 3 aromatic rings. The minimum Gasteiger partial charge on any atom is -0.496 e. The molecule has 0 bridgehead atoms. The highest BCUT2D eigenvalue weighted by atomic mass is 35.5. The third kappa shape index (κ3) is 3.80. The smallest absolute Gasteiger partial charge is 0.270 e. The third-order valence-corrected chi connectivity index (χ3v) is 5.25. The monoisotopic (exact) mass is 383 g/mol. The number of H-pyrrole nitrogens is 1. The molecule has 0 saturated heterocycles. The Morgan fingerprint density at radius 1 is 1.15 bits per heavy atom. The fourth-order valence-electron chi connectivity index (χ4n) is 3.68. The van der Waals surface area contributed by atoms with Crippen molar-refractivity contribution in [2.75, 3.05) is 13.7 Å². The van der Waals surface area contributed by atoms with Gasteiger partial charge in [-0.15, -0.1) is 0 Å². The first-order valence-corrected chi connectivity index (χ1v) is 9.41. The first-order chi connectivity index (χ1) is 13.1. The van der Waals surface area contributed by atoms with Crippen molar-refractivity contribution in [1.82, 2.24) is 14.7 Å². The van der Waals surface area contributed by atoms with E-state index in [1.54, 1.807) is 11.8 Å². The molecule has 0 amide bonds. The molecule has 0 unspecified atom stereocenters. The van der Waals surface area contributed by atoms with E-state index in [1.807, 2.05) is 42.5 Å². The molecule has 6 heteroatoms. The number of hydrogen-bond acceptors (Lipinski definition) is 3. The van der Waals surface area contributed by atoms with Gasteiger partial charge < -0.3 is 4.74 Å². The molecule has 0 spiro atoms. The van der Waals surface area contributed by atoms with E-state index in [4.69, 9.17) is 16.3 Å². The fraction of sp³-hybridized carbons (Fsp3) is 0.286. The third-order valence-electron chi connectivity index (χ3n) is 5.01. The van der Waals surface area contributed by atoms with Gasteiger partial charge in [-0.25, -0.2) is 4.68 Å². The van der Waals surface area contributed by atoms with Crippen molar-refractivity contribution in [3.63, 3.8) is 0 Å². The Morgan fingerprint density at radius 2 is 2.00 bits per heavy atom. The number of ether oxygens (including phenoxy) is 1. The zero-order chi connectivity index (χ0) is 18.8. The quantitative estimate of drug-likeness (QED) is 0.734. The summed E-state index contributed by atoms with van der Waals surface area (Å²) in [5.41, 5.74) is 4.13. The van der Waals surface area contributed by atoms with Gasteiger partial charge in [-0.05, 0) is 30.2 Å². The zero-order valence-corrected chi connectivity index (χ0v) is 16.0. The summed E-state index contributed by atoms with van der Waals surface area (Å²) in [6.07, 6.45) is 0.754. The number of methoxy groups -OCH3 is 1. The molecule has 1 N–H and O–H groups in total. The van der Waals surface area contributed by atoms with Crippen LogP contribution in [0.2, 0.25) is 5.02 Å². The molecule has 27 heavy (non-hydrogen) atoms. The van der Waals surface area contributed by atoms with Gasteiger partial charge >= 0.3 is 0 Å². The number of para-hydroxylation sites is 1. The molecular weight excluding hydrogens is 362 g/mol. The van der Waals surface area contributed by atoms with Crippen molar-refractivity contribution in [1.29, 1.82) is 0 Å². The van der Waals surface area contributed by atoms with Crippen molar-refractivity contribution in [3.05, 3.63) is 86.3 Å². The molecule has 0 fully saturated rings. The minimum atomic E-state index is 0.0679. The number of hydrogen-bond donors (Lipinski definition) is 1. The summed E-state index contributed by atoms with van der Waals surface area (Å²) in [5, 5.41) is 4.06. The van der Waals surface area contributed by atoms with Crippen LogP contribution in [0.15, 0.2) is 53.3 Å². The van der Waals surface area contributed by atoms with Crippen LogP contribution in [-0.4, -0.2) is 28.3 Å². The van der Waals surface area contributed by atoms with Gasteiger partial charge in [0.1, 0.15) is 5.75 Å². The molecule has 4 rings (SSSR count). The summed E-state index contributed by atoms with van der Waals surface area (Å²) >= 11 is 6.09. The molecule has 5 nitrogen and oxygen atoms in total. The highest BCUT2D eigenvalue weighted by molar-refractivity contribution is 6.30. The lowest BCUT2D eigenvalue weighted by Crippen LogP contribution is -2.31. The second-order valence-electron chi connectivity index (χ2n) is 6.86. The lowest BCUT2D eigenvalue weighted by Gasteiger charge is -2.26. The minimum absolute atomic E-state index is 0.0679. The van der Waals surface area contributed by atoms with Crippen LogP contribution in [0, 0.1) is 0 Å². The topological polar surface area (TPSA) is 50.3 Å². The molecule has 0 saturated carbocycles. The number of nitrogens with one attached hydrogen (secondary N) is 1. The molecular formula is C21H22ClN3O2. The van der Waals surface area contributed by atoms with Crippen molar-refractivity contribution in [3.8, 4) is 5.75 Å². The van der Waals surface area contributed by atoms with Crippen LogP contribution in [0.1, 0.15) is 22.4 Å². The van der Waals surface area contributed by atoms with Crippen LogP contribution in [0.25, 0.3) is 0 Å². The van der Waals surface area contributed by atoms with E-state index in [0.29, 0.717) is 6.54 Å². The molecule has 1 aliphatic rings. The van der Waals surface area contributed by atoms with E-state index in [-0.39, 0.29) is 5.56 Å². The van der Waals surface area contributed by atoms with Crippen LogP contribution in [0.5, 0.6) is 5.75 Å². The summed E-state index contributed by atoms with van der Waals surface area (Å²) < 4.78 is 7.09. The molecule has 2 heterocycles. The van der Waals surface area contributed by atoms with Crippen molar-refractivity contribution < 1.29 is 4.74 Å². The van der Waals surface area contributed by atoms with Crippen LogP contribution < -0.4 is 10.3 Å². The Labute approximate surface area is 163 Å². The van der Waals surface area contributed by atoms with E-state index < -0.39 is 0 Å². The second kappa shape index (κ2) is 7.62. The first kappa shape index (κ1) is 17.9. The summed E-state index contributed by atoms with van der Waals surface area (Å²) in [7, 11) is 1.65. The van der Waals surface area contributed by atoms with Gasteiger partial charge in [-0.1, -0.05) is 41.9 Å². The number of halogens is 1. The number of fused-ring (bicyclic) bond motifs is 1. The van der Waals surface area contributed by atoms with Gasteiger partial charge in [0, 0.05) is 35.8 Å². The predicted octanol–water partition coefficient (Wildman–Crippen LogP) is 3.45. The lowest BCUT2D eigenvalue weighted by atomic mass is 10.1. The van der Waals surface area contributed by atoms with Crippen LogP contribution >= 0.6 is 11.6 Å². The summed E-state index contributed by atoms with van der Waals surface area (Å²) in [6.45, 7) is 2.89. The van der Waals surface area contributed by atoms with Crippen molar-refractivity contribution >= 4 is 11.6 Å². The normalized spacial score (nSPS) is 14.1. The average molecular weight is 384 g/mol. The molecule has 1 aliphatic heterocycles. The second-order valence-corrected chi connectivity index (χ2v) is 7.30. The maximum absolute atomic E-state index is 12.8. The van der Waals surface area contributed by atoms with Crippen LogP contribution in [0.4, 0.5) is 0 Å². The van der Waals surface area contributed by atoms with E-state index >= 15 is 0 Å². The van der Waals surface area contributed by atoms with E-state index in [0.717, 1.165) is 53.6 Å². The van der Waals surface area contributed by atoms with Crippen LogP contribution in [-0.2, 0) is 26.1 Å². The molecule has 0 atom stereocenters. The van der Waals surface area contributed by atoms with Gasteiger partial charge in [0.05, 0.1) is 19.3 Å². The van der Waals surface area contributed by atoms with Gasteiger partial charge in [-0.2, -0.15) is 0 Å². The maximum Gasteiger partial charge on any atom is 0.270 e. The summed E-state index contributed by atoms with van der Waals surface area (Å²) in [6, 6.07) is 15.7. The highest BCUT2D eigenvalue weighted by Crippen LogP contribution is 2.21. The van der Waals surface area contributed by atoms with Crippen molar-refractivity contribution in [2.45, 2.75) is 26.1 Å². The fourth-order valence-corrected chi connectivity index (χ4v) is 3.89. The number of benzene rings is 2. The van der Waals surface area contributed by atoms with E-state index in [1.165, 1.54) is 5.56 Å². The zero-order valence-electron chi connectivity index (χ0n) is 15.2. The standard InChI is InChI=1S/C21H22ClN3O2/c1-27-20-8-3-2-6-16(20)13-25-21(26)18-9-10-24(14-19(18)23-25)12-15-5-4-7-17(22)11-15/h2-8,11,23H,9-10,12-14H2,1H3. The van der Waals surface area contributed by atoms with Crippen LogP contribution in [0.3, 0.4) is 0 Å². The molecule has 140 valence electrons. The summed E-state index contributed by atoms with van der Waals surface area (Å²) in [4.78, 5) is 15.1. The Bertz CT molecular complexity index is 1010.